The molecule has 1 heterocycles. The summed E-state index contributed by atoms with van der Waals surface area (Å²) in [5, 5.41) is 7.03. The summed E-state index contributed by atoms with van der Waals surface area (Å²) in [6, 6.07) is 17.9. The van der Waals surface area contributed by atoms with Gasteiger partial charge < -0.3 is 15.5 Å². The second-order valence-corrected chi connectivity index (χ2v) is 8.16. The molecule has 7 heteroatoms. The van der Waals surface area contributed by atoms with Gasteiger partial charge in [-0.1, -0.05) is 42.5 Å². The number of piperidine rings is 1. The van der Waals surface area contributed by atoms with Gasteiger partial charge in [0.1, 0.15) is 5.82 Å². The van der Waals surface area contributed by atoms with Crippen molar-refractivity contribution in [2.45, 2.75) is 31.5 Å². The highest BCUT2D eigenvalue weighted by molar-refractivity contribution is 14.0. The van der Waals surface area contributed by atoms with E-state index in [1.807, 2.05) is 33.3 Å². The van der Waals surface area contributed by atoms with E-state index in [4.69, 9.17) is 0 Å². The van der Waals surface area contributed by atoms with Crippen molar-refractivity contribution in [1.29, 1.82) is 0 Å². The Morgan fingerprint density at radius 2 is 1.74 bits per heavy atom. The molecule has 1 saturated heterocycles. The fraction of sp³-hybridized carbons (Fsp3) is 0.458. The van der Waals surface area contributed by atoms with Crippen LogP contribution in [0.1, 0.15) is 30.0 Å². The molecule has 3 rings (SSSR count). The first kappa shape index (κ1) is 25.5. The lowest BCUT2D eigenvalue weighted by atomic mass is 10.0. The molecule has 170 valence electrons. The van der Waals surface area contributed by atoms with Crippen LogP contribution in [0.4, 0.5) is 4.39 Å². The Balaban J connectivity index is 0.00000341. The van der Waals surface area contributed by atoms with Gasteiger partial charge in [-0.3, -0.25) is 9.89 Å². The molecule has 1 atom stereocenters. The summed E-state index contributed by atoms with van der Waals surface area (Å²) >= 11 is 0. The van der Waals surface area contributed by atoms with E-state index in [0.29, 0.717) is 12.6 Å². The second-order valence-electron chi connectivity index (χ2n) is 8.16. The number of nitrogens with zero attached hydrogens (tertiary/aromatic N) is 3. The summed E-state index contributed by atoms with van der Waals surface area (Å²) in [5.41, 5.74) is 2.45. The fourth-order valence-corrected chi connectivity index (χ4v) is 3.94. The van der Waals surface area contributed by atoms with Crippen LogP contribution >= 0.6 is 24.0 Å². The van der Waals surface area contributed by atoms with Gasteiger partial charge in [0.25, 0.3) is 0 Å². The van der Waals surface area contributed by atoms with Crippen LogP contribution in [0.2, 0.25) is 0 Å². The highest BCUT2D eigenvalue weighted by atomic mass is 127. The maximum atomic E-state index is 13.3. The number of nitrogens with one attached hydrogen (secondary N) is 2. The van der Waals surface area contributed by atoms with Crippen LogP contribution in [0.15, 0.2) is 59.6 Å². The topological polar surface area (TPSA) is 42.9 Å². The average Bonchev–Trinajstić information content (AvgIpc) is 2.76. The molecule has 0 aromatic heterocycles. The molecule has 2 aromatic rings. The summed E-state index contributed by atoms with van der Waals surface area (Å²) in [7, 11) is 5.88. The summed E-state index contributed by atoms with van der Waals surface area (Å²) in [6.07, 6.45) is 2.20. The molecule has 0 bridgehead atoms. The highest BCUT2D eigenvalue weighted by Crippen LogP contribution is 2.18. The van der Waals surface area contributed by atoms with Crippen LogP contribution in [0, 0.1) is 5.82 Å². The molecule has 1 aliphatic heterocycles. The average molecular weight is 539 g/mol. The minimum Gasteiger partial charge on any atom is -0.354 e. The predicted octanol–water partition coefficient (Wildman–Crippen LogP) is 3.88. The van der Waals surface area contributed by atoms with Gasteiger partial charge in [0.15, 0.2) is 5.96 Å². The maximum absolute atomic E-state index is 13.3. The van der Waals surface area contributed by atoms with E-state index in [-0.39, 0.29) is 35.8 Å². The maximum Gasteiger partial charge on any atom is 0.191 e. The van der Waals surface area contributed by atoms with Gasteiger partial charge in [0, 0.05) is 39.3 Å². The van der Waals surface area contributed by atoms with Crippen LogP contribution in [0.25, 0.3) is 0 Å². The number of hydrogen-bond donors (Lipinski definition) is 2. The summed E-state index contributed by atoms with van der Waals surface area (Å²) in [6.45, 7) is 3.88. The molecule has 1 unspecified atom stereocenters. The third-order valence-electron chi connectivity index (χ3n) is 5.74. The summed E-state index contributed by atoms with van der Waals surface area (Å²) in [4.78, 5) is 9.06. The lowest BCUT2D eigenvalue weighted by molar-refractivity contribution is 0.198. The Hall–Kier alpha value is -1.71. The molecular formula is C24H35FIN5. The van der Waals surface area contributed by atoms with Crippen LogP contribution in [-0.4, -0.2) is 62.6 Å². The van der Waals surface area contributed by atoms with E-state index in [1.54, 1.807) is 0 Å². The number of likely N-dealkylation sites (tertiary alicyclic amines) is 1. The minimum absolute atomic E-state index is 0. The van der Waals surface area contributed by atoms with E-state index in [2.05, 4.69) is 55.8 Å². The monoisotopic (exact) mass is 539 g/mol. The quantitative estimate of drug-likeness (QED) is 0.319. The highest BCUT2D eigenvalue weighted by Gasteiger charge is 2.21. The fourth-order valence-electron chi connectivity index (χ4n) is 3.94. The molecule has 0 aliphatic carbocycles. The first-order chi connectivity index (χ1) is 14.5. The molecule has 0 radical (unpaired) electrons. The van der Waals surface area contributed by atoms with Crippen molar-refractivity contribution in [1.82, 2.24) is 20.4 Å². The van der Waals surface area contributed by atoms with Gasteiger partial charge >= 0.3 is 0 Å². The van der Waals surface area contributed by atoms with Crippen molar-refractivity contribution in [3.05, 3.63) is 71.5 Å². The third kappa shape index (κ3) is 8.05. The zero-order valence-corrected chi connectivity index (χ0v) is 21.1. The van der Waals surface area contributed by atoms with Crippen molar-refractivity contribution < 1.29 is 4.39 Å². The molecular weight excluding hydrogens is 504 g/mol. The first-order valence-corrected chi connectivity index (χ1v) is 10.7. The Morgan fingerprint density at radius 3 is 2.32 bits per heavy atom. The van der Waals surface area contributed by atoms with E-state index < -0.39 is 0 Å². The minimum atomic E-state index is -0.208. The van der Waals surface area contributed by atoms with E-state index in [1.165, 1.54) is 17.7 Å². The van der Waals surface area contributed by atoms with Crippen molar-refractivity contribution in [2.24, 2.45) is 4.99 Å². The Kier molecular flexibility index (Phi) is 10.7. The molecule has 0 amide bonds. The summed E-state index contributed by atoms with van der Waals surface area (Å²) in [5.74, 6) is 0.616. The molecule has 1 fully saturated rings. The number of likely N-dealkylation sites (N-methyl/N-ethyl adjacent to an activating group) is 1. The van der Waals surface area contributed by atoms with Gasteiger partial charge in [0.2, 0.25) is 0 Å². The van der Waals surface area contributed by atoms with Gasteiger partial charge in [-0.05, 0) is 50.2 Å². The largest absolute Gasteiger partial charge is 0.354 e. The van der Waals surface area contributed by atoms with E-state index in [9.17, 15) is 4.39 Å². The number of rotatable bonds is 7. The van der Waals surface area contributed by atoms with Crippen LogP contribution in [0.5, 0.6) is 0 Å². The Morgan fingerprint density at radius 1 is 1.10 bits per heavy atom. The molecule has 2 N–H and O–H groups in total. The number of guanidine groups is 1. The third-order valence-corrected chi connectivity index (χ3v) is 5.74. The SMILES string of the molecule is CN=C(NCC(c1ccc(F)cc1)N(C)C)NC1CCN(Cc2ccccc2)CC1.I. The predicted molar refractivity (Wildman–Crippen MR) is 137 cm³/mol. The molecule has 5 nitrogen and oxygen atoms in total. The number of aliphatic imine (C=N–C) groups is 1. The van der Waals surface area contributed by atoms with Gasteiger partial charge in [0.05, 0.1) is 6.04 Å². The van der Waals surface area contributed by atoms with Gasteiger partial charge in [-0.2, -0.15) is 0 Å². The van der Waals surface area contributed by atoms with E-state index in [0.717, 1.165) is 44.0 Å². The van der Waals surface area contributed by atoms with Crippen molar-refractivity contribution >= 4 is 29.9 Å². The normalized spacial score (nSPS) is 16.6. The van der Waals surface area contributed by atoms with Gasteiger partial charge in [-0.15, -0.1) is 24.0 Å². The number of hydrogen-bond acceptors (Lipinski definition) is 3. The lowest BCUT2D eigenvalue weighted by Gasteiger charge is -2.33. The van der Waals surface area contributed by atoms with Gasteiger partial charge in [-0.25, -0.2) is 4.39 Å². The molecule has 2 aromatic carbocycles. The first-order valence-electron chi connectivity index (χ1n) is 10.7. The van der Waals surface area contributed by atoms with E-state index >= 15 is 0 Å². The van der Waals surface area contributed by atoms with Crippen LogP contribution < -0.4 is 10.6 Å². The molecule has 0 saturated carbocycles. The summed E-state index contributed by atoms with van der Waals surface area (Å²) < 4.78 is 13.3. The molecule has 31 heavy (non-hydrogen) atoms. The zero-order valence-electron chi connectivity index (χ0n) is 18.7. The van der Waals surface area contributed by atoms with Crippen LogP contribution in [-0.2, 0) is 6.54 Å². The van der Waals surface area contributed by atoms with Crippen molar-refractivity contribution in [3.63, 3.8) is 0 Å². The number of benzene rings is 2. The Labute approximate surface area is 203 Å². The smallest absolute Gasteiger partial charge is 0.191 e. The standard InChI is InChI=1S/C24H34FN5.HI/c1-26-24(27-17-23(29(2)3)20-9-11-21(25)12-10-20)28-22-13-15-30(16-14-22)18-19-7-5-4-6-8-19;/h4-12,22-23H,13-18H2,1-3H3,(H2,26,27,28);1H. The van der Waals surface area contributed by atoms with Crippen molar-refractivity contribution in [3.8, 4) is 0 Å². The lowest BCUT2D eigenvalue weighted by Crippen LogP contribution is -2.49. The number of halogens is 2. The molecule has 0 spiro atoms. The molecule has 1 aliphatic rings. The van der Waals surface area contributed by atoms with Crippen LogP contribution in [0.3, 0.4) is 0 Å². The second kappa shape index (κ2) is 13.0. The Bertz CT molecular complexity index is 789. The zero-order chi connectivity index (χ0) is 21.3. The van der Waals surface area contributed by atoms with Crippen molar-refractivity contribution in [2.75, 3.05) is 40.8 Å².